The lowest BCUT2D eigenvalue weighted by atomic mass is 9.72. The summed E-state index contributed by atoms with van der Waals surface area (Å²) in [6.07, 6.45) is 13.7. The number of halogens is 2. The van der Waals surface area contributed by atoms with Crippen LogP contribution in [0, 0.1) is 26.2 Å². The van der Waals surface area contributed by atoms with Crippen molar-refractivity contribution in [3.05, 3.63) is 137 Å². The molecule has 5 aromatic rings. The van der Waals surface area contributed by atoms with Gasteiger partial charge in [-0.2, -0.15) is 0 Å². The van der Waals surface area contributed by atoms with Gasteiger partial charge < -0.3 is 60.6 Å². The number of ether oxygens (including phenoxy) is 2. The second kappa shape index (κ2) is 37.3. The molecule has 5 atom stereocenters. The summed E-state index contributed by atoms with van der Waals surface area (Å²) in [5.74, 6) is -0.594. The third kappa shape index (κ3) is 21.3. The molecule has 2 aromatic heterocycles. The third-order valence-corrected chi connectivity index (χ3v) is 24.0. The third-order valence-electron chi connectivity index (χ3n) is 21.3. The van der Waals surface area contributed by atoms with Crippen molar-refractivity contribution in [3.8, 4) is 11.5 Å². The number of carbonyl (C=O) groups is 6. The molecule has 10 rings (SSSR count). The van der Waals surface area contributed by atoms with Crippen LogP contribution in [0.3, 0.4) is 0 Å². The highest BCUT2D eigenvalue weighted by molar-refractivity contribution is 7.10. The van der Waals surface area contributed by atoms with Crippen LogP contribution >= 0.6 is 45.9 Å². The molecule has 4 aliphatic heterocycles. The molecule has 4 saturated heterocycles. The molecule has 3 aromatic carbocycles. The Balaban J connectivity index is 0.781. The number of amides is 6. The summed E-state index contributed by atoms with van der Waals surface area (Å²) in [5, 5.41) is 21.7. The predicted octanol–water partition coefficient (Wildman–Crippen LogP) is 12.3. The average Bonchev–Trinajstić information content (AvgIpc) is 1.34. The molecule has 5 fully saturated rings. The second-order valence-electron chi connectivity index (χ2n) is 28.9. The van der Waals surface area contributed by atoms with E-state index in [0.717, 1.165) is 129 Å². The van der Waals surface area contributed by atoms with Crippen molar-refractivity contribution in [2.45, 2.75) is 206 Å². The van der Waals surface area contributed by atoms with Gasteiger partial charge in [-0.15, -0.1) is 22.7 Å². The lowest BCUT2D eigenvalue weighted by Crippen LogP contribution is -2.64. The molecule has 1 unspecified atom stereocenters. The number of rotatable bonds is 30. The molecule has 1 saturated carbocycles. The number of nitrogens with zero attached hydrogens (tertiary/aromatic N) is 6. The molecular weight excluding hydrogens is 1340 g/mol. The van der Waals surface area contributed by atoms with E-state index in [9.17, 15) is 19.2 Å². The monoisotopic (exact) mass is 1450 g/mol. The van der Waals surface area contributed by atoms with E-state index in [1.807, 2.05) is 74.9 Å². The van der Waals surface area contributed by atoms with Gasteiger partial charge in [-0.05, 0) is 212 Å². The number of hydrogen-bond donors (Lipinski definition) is 5. The average molecular weight is 1450 g/mol. The first-order chi connectivity index (χ1) is 48.3. The molecule has 5 N–H and O–H groups in total. The topological polar surface area (TPSA) is 200 Å². The van der Waals surface area contributed by atoms with Crippen LogP contribution in [-0.2, 0) is 45.2 Å². The maximum atomic E-state index is 15.3. The van der Waals surface area contributed by atoms with Gasteiger partial charge >= 0.3 is 12.2 Å². The summed E-state index contributed by atoms with van der Waals surface area (Å²) < 4.78 is 12.0. The number of unbranched alkanes of at least 4 members (excludes halogenated alkanes) is 2. The maximum absolute atomic E-state index is 15.3. The van der Waals surface area contributed by atoms with Gasteiger partial charge in [-0.25, -0.2) is 9.59 Å². The predicted molar refractivity (Wildman–Crippen MR) is 399 cm³/mol. The standard InChI is InChI=1S/C77H107Cl2N11O8S2/c1-53(2)80-36-13-11-23-63(73(93)89-43-41-87(50-65(89)71(91)81-47-61-21-17-45-99-61)75(95)97-67-29-25-54(3)56(5)69(67)78)83-55(4)26-27-59-28-30-68(70(79)57(59)6)98-76(96)88-42-44-90(66(51-88)72(92)82-48-62-22-18-46-100-62)74(94)64(24-12-16-39-85-37-14-8-15-38-85)84-60-31-33-77(34-32-60)35-40-86(52-77)49-58-19-9-7-10-20-58/h7,9-10,17-22,25,28-30,45-46,53,55,60,63-66,80,83-84H,8,11-16,23-24,26-27,31-44,47-52H2,1-6H3,(H,81,91)(H,82,92)/t55?,60?,63-,64-,65+,66+,77?/m1/s1. The van der Waals surface area contributed by atoms with E-state index in [1.54, 1.807) is 33.3 Å². The van der Waals surface area contributed by atoms with Gasteiger partial charge in [-0.1, -0.05) is 111 Å². The minimum atomic E-state index is -0.996. The summed E-state index contributed by atoms with van der Waals surface area (Å²) in [6, 6.07) is 22.9. The van der Waals surface area contributed by atoms with Crippen LogP contribution in [-0.4, -0.2) is 186 Å². The fourth-order valence-electron chi connectivity index (χ4n) is 15.1. The van der Waals surface area contributed by atoms with Crippen LogP contribution in [0.1, 0.15) is 155 Å². The van der Waals surface area contributed by atoms with Crippen molar-refractivity contribution in [2.24, 2.45) is 5.41 Å². The Morgan fingerprint density at radius 1 is 0.600 bits per heavy atom. The minimum absolute atomic E-state index is 0.0514. The Labute approximate surface area is 611 Å². The van der Waals surface area contributed by atoms with E-state index in [0.29, 0.717) is 48.7 Å². The highest BCUT2D eigenvalue weighted by Crippen LogP contribution is 2.44. The van der Waals surface area contributed by atoms with E-state index < -0.39 is 36.4 Å². The lowest BCUT2D eigenvalue weighted by molar-refractivity contribution is -0.145. The van der Waals surface area contributed by atoms with Gasteiger partial charge in [0.2, 0.25) is 23.6 Å². The van der Waals surface area contributed by atoms with E-state index in [2.05, 4.69) is 80.6 Å². The zero-order chi connectivity index (χ0) is 70.7. The molecule has 544 valence electrons. The molecule has 5 aliphatic rings. The number of piperidine rings is 1. The van der Waals surface area contributed by atoms with Crippen LogP contribution in [0.25, 0.3) is 0 Å². The van der Waals surface area contributed by atoms with Gasteiger partial charge in [-0.3, -0.25) is 24.1 Å². The van der Waals surface area contributed by atoms with Crippen molar-refractivity contribution < 1.29 is 38.2 Å². The Morgan fingerprint density at radius 3 is 1.78 bits per heavy atom. The van der Waals surface area contributed by atoms with Crippen molar-refractivity contribution in [3.63, 3.8) is 0 Å². The van der Waals surface area contributed by atoms with Gasteiger partial charge in [0.1, 0.15) is 12.1 Å². The first-order valence-electron chi connectivity index (χ1n) is 36.7. The normalized spacial score (nSPS) is 20.9. The summed E-state index contributed by atoms with van der Waals surface area (Å²) in [5.41, 5.74) is 5.09. The first-order valence-corrected chi connectivity index (χ1v) is 39.2. The van der Waals surface area contributed by atoms with Gasteiger partial charge in [0.05, 0.1) is 48.3 Å². The quantitative estimate of drug-likeness (QED) is 0.0272. The maximum Gasteiger partial charge on any atom is 0.415 e. The van der Waals surface area contributed by atoms with Crippen LogP contribution in [0.5, 0.6) is 11.5 Å². The summed E-state index contributed by atoms with van der Waals surface area (Å²) in [7, 11) is 0. The van der Waals surface area contributed by atoms with Crippen molar-refractivity contribution in [1.82, 2.24) is 56.0 Å². The Hall–Kier alpha value is -6.14. The highest BCUT2D eigenvalue weighted by Gasteiger charge is 2.45. The Morgan fingerprint density at radius 2 is 1.18 bits per heavy atom. The Kier molecular flexibility index (Phi) is 28.6. The van der Waals surface area contributed by atoms with Crippen LogP contribution in [0.4, 0.5) is 9.59 Å². The molecule has 0 radical (unpaired) electrons. The Bertz CT molecular complexity index is 3480. The first kappa shape index (κ1) is 76.5. The van der Waals surface area contributed by atoms with E-state index in [1.165, 1.54) is 52.4 Å². The minimum Gasteiger partial charge on any atom is -0.409 e. The van der Waals surface area contributed by atoms with Crippen molar-refractivity contribution in [2.75, 3.05) is 78.5 Å². The number of piperazine rings is 2. The molecular formula is C77H107Cl2N11O8S2. The number of benzene rings is 3. The number of carbonyl (C=O) groups excluding carboxylic acids is 6. The zero-order valence-corrected chi connectivity index (χ0v) is 62.8. The largest absolute Gasteiger partial charge is 0.415 e. The van der Waals surface area contributed by atoms with Crippen molar-refractivity contribution in [1.29, 1.82) is 0 Å². The smallest absolute Gasteiger partial charge is 0.409 e. The molecule has 23 heteroatoms. The summed E-state index contributed by atoms with van der Waals surface area (Å²) >= 11 is 16.8. The number of aryl methyl sites for hydroxylation is 2. The highest BCUT2D eigenvalue weighted by atomic mass is 35.5. The molecule has 19 nitrogen and oxygen atoms in total. The van der Waals surface area contributed by atoms with Crippen LogP contribution < -0.4 is 36.1 Å². The van der Waals surface area contributed by atoms with Gasteiger partial charge in [0, 0.05) is 67.1 Å². The lowest BCUT2D eigenvalue weighted by Gasteiger charge is -2.43. The number of hydrogen-bond acceptors (Lipinski definition) is 15. The number of likely N-dealkylation sites (tertiary alicyclic amines) is 2. The van der Waals surface area contributed by atoms with Crippen molar-refractivity contribution >= 4 is 81.7 Å². The fourth-order valence-corrected chi connectivity index (χ4v) is 16.8. The van der Waals surface area contributed by atoms with Crippen LogP contribution in [0.2, 0.25) is 10.0 Å². The molecule has 1 aliphatic carbocycles. The second-order valence-corrected chi connectivity index (χ2v) is 31.7. The molecule has 6 amide bonds. The van der Waals surface area contributed by atoms with Gasteiger partial charge in [0.15, 0.2) is 11.5 Å². The van der Waals surface area contributed by atoms with E-state index >= 15 is 9.59 Å². The SMILES string of the molecule is Cc1ccc(OC(=O)N2CCN(C(=O)[C@@H](CCCCNC(C)C)NC(C)CCc3ccc(OC(=O)N4CCN(C(=O)[C@@H](CCCCN5CCCCC5)NC5CCC6(CC5)CCN(Cc5ccccc5)C6)[C@H](C(=O)NCc5cccs5)C4)c(Cl)c3C)[C@H](C(=O)NCc3cccs3)C2)c(Cl)c1C. The number of nitrogens with one attached hydrogen (secondary N) is 5. The van der Waals surface area contributed by atoms with Gasteiger partial charge in [0.25, 0.3) is 0 Å². The molecule has 100 heavy (non-hydrogen) atoms. The zero-order valence-electron chi connectivity index (χ0n) is 59.6. The summed E-state index contributed by atoms with van der Waals surface area (Å²) in [6.45, 7) is 20.2. The summed E-state index contributed by atoms with van der Waals surface area (Å²) in [4.78, 5) is 101. The fraction of sp³-hybridized carbons (Fsp3) is 0.584. The molecule has 6 heterocycles. The number of thiophene rings is 2. The molecule has 0 bridgehead atoms. The van der Waals surface area contributed by atoms with E-state index in [4.69, 9.17) is 32.7 Å². The van der Waals surface area contributed by atoms with E-state index in [-0.39, 0.29) is 98.0 Å². The molecule has 1 spiro atoms. The van der Waals surface area contributed by atoms with Crippen LogP contribution in [0.15, 0.2) is 89.6 Å².